The molecule has 0 spiro atoms. The lowest BCUT2D eigenvalue weighted by atomic mass is 10.3. The maximum Gasteiger partial charge on any atom is 0.273 e. The van der Waals surface area contributed by atoms with Gasteiger partial charge in [-0.3, -0.25) is 4.79 Å². The second-order valence-electron chi connectivity index (χ2n) is 3.19. The Labute approximate surface area is 91.2 Å². The van der Waals surface area contributed by atoms with Crippen molar-refractivity contribution >= 4 is 17.2 Å². The van der Waals surface area contributed by atoms with E-state index in [-0.39, 0.29) is 5.56 Å². The van der Waals surface area contributed by atoms with Gasteiger partial charge in [-0.2, -0.15) is 0 Å². The van der Waals surface area contributed by atoms with E-state index < -0.39 is 0 Å². The Morgan fingerprint density at radius 1 is 1.47 bits per heavy atom. The predicted octanol–water partition coefficient (Wildman–Crippen LogP) is 1.13. The molecule has 0 amide bonds. The molecule has 2 aromatic heterocycles. The number of aromatic nitrogens is 2. The van der Waals surface area contributed by atoms with Crippen LogP contribution < -0.4 is 11.3 Å². The number of aryl methyl sites for hydroxylation is 2. The van der Waals surface area contributed by atoms with Gasteiger partial charge in [0.2, 0.25) is 0 Å². The number of hydrogen-bond donors (Lipinski definition) is 1. The van der Waals surface area contributed by atoms with Gasteiger partial charge >= 0.3 is 0 Å². The molecule has 0 aliphatic carbocycles. The first-order valence-corrected chi connectivity index (χ1v) is 5.39. The fourth-order valence-corrected chi connectivity index (χ4v) is 1.89. The highest BCUT2D eigenvalue weighted by molar-refractivity contribution is 7.05. The molecule has 0 atom stereocenters. The van der Waals surface area contributed by atoms with Gasteiger partial charge < -0.3 is 10.3 Å². The molecule has 2 N–H and O–H groups in total. The Kier molecular flexibility index (Phi) is 2.82. The van der Waals surface area contributed by atoms with Gasteiger partial charge in [-0.25, -0.2) is 4.37 Å². The maximum atomic E-state index is 11.6. The SMILES string of the molecule is Nc1cccn(CCc2ccns2)c1=O. The van der Waals surface area contributed by atoms with E-state index in [0.717, 1.165) is 6.42 Å². The quantitative estimate of drug-likeness (QED) is 0.845. The molecule has 0 radical (unpaired) electrons. The summed E-state index contributed by atoms with van der Waals surface area (Å²) in [5.41, 5.74) is 5.70. The van der Waals surface area contributed by atoms with Gasteiger partial charge in [0.05, 0.1) is 5.69 Å². The molecule has 0 bridgehead atoms. The molecule has 0 unspecified atom stereocenters. The summed E-state index contributed by atoms with van der Waals surface area (Å²) in [6, 6.07) is 5.36. The lowest BCUT2D eigenvalue weighted by Gasteiger charge is -2.04. The van der Waals surface area contributed by atoms with Crippen molar-refractivity contribution in [2.45, 2.75) is 13.0 Å². The molecule has 2 aromatic rings. The molecule has 0 fully saturated rings. The number of nitrogens with two attached hydrogens (primary N) is 1. The first-order valence-electron chi connectivity index (χ1n) is 4.62. The average Bonchev–Trinajstić information content (AvgIpc) is 2.73. The summed E-state index contributed by atoms with van der Waals surface area (Å²) in [5.74, 6) is 0. The Hall–Kier alpha value is -1.62. The average molecular weight is 221 g/mol. The fraction of sp³-hybridized carbons (Fsp3) is 0.200. The summed E-state index contributed by atoms with van der Waals surface area (Å²) in [6.07, 6.45) is 4.33. The van der Waals surface area contributed by atoms with Crippen LogP contribution in [0.15, 0.2) is 35.4 Å². The number of pyridine rings is 1. The highest BCUT2D eigenvalue weighted by Gasteiger charge is 2.00. The van der Waals surface area contributed by atoms with Crippen LogP contribution >= 0.6 is 11.5 Å². The monoisotopic (exact) mass is 221 g/mol. The predicted molar refractivity (Wildman–Crippen MR) is 60.9 cm³/mol. The summed E-state index contributed by atoms with van der Waals surface area (Å²) in [7, 11) is 0. The standard InChI is InChI=1S/C10H11N3OS/c11-9-2-1-6-13(10(9)14)7-4-8-3-5-12-15-8/h1-3,5-6H,4,7,11H2. The molecule has 0 aliphatic rings. The lowest BCUT2D eigenvalue weighted by Crippen LogP contribution is -2.22. The van der Waals surface area contributed by atoms with Crippen molar-refractivity contribution in [3.63, 3.8) is 0 Å². The molecule has 4 nitrogen and oxygen atoms in total. The summed E-state index contributed by atoms with van der Waals surface area (Å²) < 4.78 is 5.62. The van der Waals surface area contributed by atoms with Crippen LogP contribution in [0.4, 0.5) is 5.69 Å². The zero-order valence-electron chi connectivity index (χ0n) is 8.09. The van der Waals surface area contributed by atoms with Crippen molar-refractivity contribution < 1.29 is 0 Å². The second-order valence-corrected chi connectivity index (χ2v) is 4.11. The smallest absolute Gasteiger partial charge is 0.273 e. The summed E-state index contributed by atoms with van der Waals surface area (Å²) in [6.45, 7) is 0.645. The molecule has 0 aromatic carbocycles. The molecule has 78 valence electrons. The molecule has 0 aliphatic heterocycles. The number of rotatable bonds is 3. The topological polar surface area (TPSA) is 60.9 Å². The Bertz CT molecular complexity index is 490. The van der Waals surface area contributed by atoms with Gasteiger partial charge in [-0.1, -0.05) is 0 Å². The summed E-state index contributed by atoms with van der Waals surface area (Å²) >= 11 is 1.46. The largest absolute Gasteiger partial charge is 0.394 e. The third-order valence-electron chi connectivity index (χ3n) is 2.14. The van der Waals surface area contributed by atoms with Gasteiger partial charge in [0.1, 0.15) is 0 Å². The van der Waals surface area contributed by atoms with E-state index in [9.17, 15) is 4.79 Å². The molecular weight excluding hydrogens is 210 g/mol. The van der Waals surface area contributed by atoms with Crippen molar-refractivity contribution in [3.8, 4) is 0 Å². The number of nitrogens with zero attached hydrogens (tertiary/aromatic N) is 2. The van der Waals surface area contributed by atoms with Gasteiger partial charge in [0.15, 0.2) is 0 Å². The van der Waals surface area contributed by atoms with Gasteiger partial charge in [-0.15, -0.1) is 0 Å². The van der Waals surface area contributed by atoms with E-state index in [4.69, 9.17) is 5.73 Å². The minimum Gasteiger partial charge on any atom is -0.394 e. The summed E-state index contributed by atoms with van der Waals surface area (Å²) in [5, 5.41) is 0. The number of hydrogen-bond acceptors (Lipinski definition) is 4. The van der Waals surface area contributed by atoms with Crippen LogP contribution in [-0.4, -0.2) is 8.94 Å². The van der Waals surface area contributed by atoms with E-state index in [1.54, 1.807) is 29.1 Å². The first-order chi connectivity index (χ1) is 7.27. The fourth-order valence-electron chi connectivity index (χ4n) is 1.33. The molecule has 0 saturated carbocycles. The van der Waals surface area contributed by atoms with E-state index in [0.29, 0.717) is 12.2 Å². The summed E-state index contributed by atoms with van der Waals surface area (Å²) in [4.78, 5) is 12.7. The maximum absolute atomic E-state index is 11.6. The Morgan fingerprint density at radius 3 is 3.07 bits per heavy atom. The van der Waals surface area contributed by atoms with E-state index in [1.807, 2.05) is 6.07 Å². The van der Waals surface area contributed by atoms with E-state index in [1.165, 1.54) is 16.4 Å². The molecular formula is C10H11N3OS. The van der Waals surface area contributed by atoms with Crippen LogP contribution in [0, 0.1) is 0 Å². The van der Waals surface area contributed by atoms with Gasteiger partial charge in [0, 0.05) is 30.2 Å². The van der Waals surface area contributed by atoms with Crippen molar-refractivity contribution in [2.75, 3.05) is 5.73 Å². The highest BCUT2D eigenvalue weighted by Crippen LogP contribution is 2.06. The highest BCUT2D eigenvalue weighted by atomic mass is 32.1. The van der Waals surface area contributed by atoms with Crippen LogP contribution in [0.1, 0.15) is 4.88 Å². The molecule has 5 heteroatoms. The lowest BCUT2D eigenvalue weighted by molar-refractivity contribution is 0.676. The van der Waals surface area contributed by atoms with Crippen molar-refractivity contribution in [1.82, 2.24) is 8.94 Å². The molecule has 2 heterocycles. The molecule has 0 saturated heterocycles. The van der Waals surface area contributed by atoms with E-state index in [2.05, 4.69) is 4.37 Å². The third kappa shape index (κ3) is 2.24. The normalized spacial score (nSPS) is 10.4. The van der Waals surface area contributed by atoms with Crippen LogP contribution in [0.5, 0.6) is 0 Å². The van der Waals surface area contributed by atoms with Gasteiger partial charge in [-0.05, 0) is 29.7 Å². The minimum atomic E-state index is -0.123. The van der Waals surface area contributed by atoms with Crippen molar-refractivity contribution in [1.29, 1.82) is 0 Å². The minimum absolute atomic E-state index is 0.123. The molecule has 2 rings (SSSR count). The zero-order chi connectivity index (χ0) is 10.7. The first kappa shape index (κ1) is 9.92. The van der Waals surface area contributed by atoms with Crippen LogP contribution in [0.3, 0.4) is 0 Å². The number of nitrogen functional groups attached to an aromatic ring is 1. The zero-order valence-corrected chi connectivity index (χ0v) is 8.91. The third-order valence-corrected chi connectivity index (χ3v) is 2.94. The van der Waals surface area contributed by atoms with Gasteiger partial charge in [0.25, 0.3) is 5.56 Å². The van der Waals surface area contributed by atoms with Crippen LogP contribution in [0.25, 0.3) is 0 Å². The van der Waals surface area contributed by atoms with Crippen LogP contribution in [-0.2, 0) is 13.0 Å². The molecule has 15 heavy (non-hydrogen) atoms. The van der Waals surface area contributed by atoms with E-state index >= 15 is 0 Å². The second kappa shape index (κ2) is 4.27. The van der Waals surface area contributed by atoms with Crippen LogP contribution in [0.2, 0.25) is 0 Å². The Balaban J connectivity index is 2.12. The van der Waals surface area contributed by atoms with Crippen molar-refractivity contribution in [3.05, 3.63) is 45.8 Å². The van der Waals surface area contributed by atoms with Crippen molar-refractivity contribution in [2.24, 2.45) is 0 Å². The number of anilines is 1. The Morgan fingerprint density at radius 2 is 2.33 bits per heavy atom.